The highest BCUT2D eigenvalue weighted by atomic mass is 19.3. The summed E-state index contributed by atoms with van der Waals surface area (Å²) in [5, 5.41) is 29.3. The lowest BCUT2D eigenvalue weighted by Crippen LogP contribution is -2.50. The second kappa shape index (κ2) is 11.4. The van der Waals surface area contributed by atoms with Gasteiger partial charge in [0.2, 0.25) is 17.5 Å². The predicted molar refractivity (Wildman–Crippen MR) is 153 cm³/mol. The molecular formula is C29H33F3N8O4. The molecule has 2 fully saturated rings. The first-order chi connectivity index (χ1) is 20.9. The molecule has 2 aliphatic heterocycles. The molecule has 234 valence electrons. The van der Waals surface area contributed by atoms with E-state index < -0.39 is 47.5 Å². The number of imidazole rings is 1. The summed E-state index contributed by atoms with van der Waals surface area (Å²) in [5.41, 5.74) is 0.00854. The van der Waals surface area contributed by atoms with Gasteiger partial charge in [0.25, 0.3) is 12.0 Å². The van der Waals surface area contributed by atoms with Gasteiger partial charge in [-0.3, -0.25) is 18.8 Å². The van der Waals surface area contributed by atoms with Gasteiger partial charge in [0.05, 0.1) is 36.1 Å². The Hall–Kier alpha value is -4.24. The zero-order valence-electron chi connectivity index (χ0n) is 24.1. The predicted octanol–water partition coefficient (Wildman–Crippen LogP) is 2.10. The van der Waals surface area contributed by atoms with Crippen LogP contribution in [0.5, 0.6) is 0 Å². The molecule has 15 heteroatoms. The molecule has 2 atom stereocenters. The number of benzene rings is 1. The molecule has 44 heavy (non-hydrogen) atoms. The molecule has 12 nitrogen and oxygen atoms in total. The Bertz CT molecular complexity index is 1710. The molecular weight excluding hydrogens is 581 g/mol. The second-order valence-corrected chi connectivity index (χ2v) is 12.0. The first kappa shape index (κ1) is 29.8. The van der Waals surface area contributed by atoms with Gasteiger partial charge in [-0.05, 0) is 38.3 Å². The van der Waals surface area contributed by atoms with Crippen molar-refractivity contribution in [1.29, 1.82) is 0 Å². The van der Waals surface area contributed by atoms with E-state index in [1.54, 1.807) is 6.20 Å². The maximum Gasteiger partial charge on any atom is 0.296 e. The third kappa shape index (κ3) is 5.93. The fourth-order valence-corrected chi connectivity index (χ4v) is 5.97. The molecule has 0 spiro atoms. The SMILES string of the molecule is CC1(O)CCN(c2ccc(-c3cnc4c(=O)n(CC5(O)CCN(C(=O)CC(C(F)F)n6ccc(F)n6)CC5)cnn34)cc2)C1. The molecule has 6 rings (SSSR count). The minimum atomic E-state index is -2.93. The highest BCUT2D eigenvalue weighted by Crippen LogP contribution is 2.30. The molecule has 2 N–H and O–H groups in total. The number of carbonyl (C=O) groups excluding carboxylic acids is 1. The molecule has 2 unspecified atom stereocenters. The molecule has 4 aromatic rings. The standard InChI is InChI=1S/C29H33F3N8O4/c1-28(43)7-11-37(16-28)20-4-2-19(3-5-20)22-15-33-26-27(42)38(18-34-40(22)26)17-29(44)8-12-36(13-9-29)24(41)14-21(25(31)32)39-10-6-23(30)35-39/h2-6,10,15,18,21,25,43-44H,7-9,11-14,16-17H2,1H3. The Morgan fingerprint density at radius 2 is 1.80 bits per heavy atom. The lowest BCUT2D eigenvalue weighted by molar-refractivity contribution is -0.138. The number of alkyl halides is 2. The van der Waals surface area contributed by atoms with E-state index in [0.29, 0.717) is 18.7 Å². The van der Waals surface area contributed by atoms with Gasteiger partial charge in [0, 0.05) is 49.7 Å². The van der Waals surface area contributed by atoms with Gasteiger partial charge < -0.3 is 20.0 Å². The van der Waals surface area contributed by atoms with Crippen molar-refractivity contribution in [3.8, 4) is 11.3 Å². The fraction of sp³-hybridized carbons (Fsp3) is 0.483. The van der Waals surface area contributed by atoms with E-state index in [0.717, 1.165) is 34.7 Å². The number of hydrogen-bond acceptors (Lipinski definition) is 8. The molecule has 0 bridgehead atoms. The van der Waals surface area contributed by atoms with Gasteiger partial charge in [-0.1, -0.05) is 12.1 Å². The fourth-order valence-electron chi connectivity index (χ4n) is 5.97. The van der Waals surface area contributed by atoms with E-state index in [1.807, 2.05) is 31.2 Å². The molecule has 3 aromatic heterocycles. The Balaban J connectivity index is 1.11. The lowest BCUT2D eigenvalue weighted by atomic mass is 9.91. The molecule has 2 aliphatic rings. The number of hydrogen-bond donors (Lipinski definition) is 2. The van der Waals surface area contributed by atoms with E-state index in [-0.39, 0.29) is 38.1 Å². The third-order valence-electron chi connectivity index (χ3n) is 8.58. The second-order valence-electron chi connectivity index (χ2n) is 12.0. The summed E-state index contributed by atoms with van der Waals surface area (Å²) in [7, 11) is 0. The van der Waals surface area contributed by atoms with Crippen LogP contribution in [-0.4, -0.2) is 93.8 Å². The number of aromatic nitrogens is 6. The number of anilines is 1. The largest absolute Gasteiger partial charge is 0.388 e. The van der Waals surface area contributed by atoms with E-state index in [4.69, 9.17) is 0 Å². The van der Waals surface area contributed by atoms with E-state index in [1.165, 1.54) is 20.3 Å². The van der Waals surface area contributed by atoms with Crippen LogP contribution in [0.1, 0.15) is 38.6 Å². The van der Waals surface area contributed by atoms with Crippen molar-refractivity contribution in [3.63, 3.8) is 0 Å². The summed E-state index contributed by atoms with van der Waals surface area (Å²) in [4.78, 5) is 33.9. The number of aliphatic hydroxyl groups is 2. The Kier molecular flexibility index (Phi) is 7.70. The molecule has 5 heterocycles. The van der Waals surface area contributed by atoms with E-state index >= 15 is 0 Å². The topological polar surface area (TPSA) is 134 Å². The van der Waals surface area contributed by atoms with Crippen molar-refractivity contribution in [2.75, 3.05) is 31.1 Å². The zero-order chi connectivity index (χ0) is 31.2. The smallest absolute Gasteiger partial charge is 0.296 e. The van der Waals surface area contributed by atoms with Crippen molar-refractivity contribution in [2.45, 2.75) is 62.8 Å². The highest BCUT2D eigenvalue weighted by Gasteiger charge is 2.37. The van der Waals surface area contributed by atoms with Crippen LogP contribution >= 0.6 is 0 Å². The van der Waals surface area contributed by atoms with Gasteiger partial charge in [-0.25, -0.2) is 18.3 Å². The highest BCUT2D eigenvalue weighted by molar-refractivity contribution is 5.76. The summed E-state index contributed by atoms with van der Waals surface area (Å²) in [5.74, 6) is -1.47. The molecule has 1 aromatic carbocycles. The molecule has 0 aliphatic carbocycles. The van der Waals surface area contributed by atoms with Crippen molar-refractivity contribution in [2.24, 2.45) is 0 Å². The molecule has 1 amide bonds. The quantitative estimate of drug-likeness (QED) is 0.308. The zero-order valence-corrected chi connectivity index (χ0v) is 24.1. The van der Waals surface area contributed by atoms with Crippen molar-refractivity contribution in [1.82, 2.24) is 33.8 Å². The van der Waals surface area contributed by atoms with Crippen LogP contribution in [0.4, 0.5) is 18.9 Å². The monoisotopic (exact) mass is 614 g/mol. The van der Waals surface area contributed by atoms with Gasteiger partial charge in [0.1, 0.15) is 12.4 Å². The van der Waals surface area contributed by atoms with Gasteiger partial charge in [-0.15, -0.1) is 5.10 Å². The number of piperidine rings is 1. The Morgan fingerprint density at radius 1 is 1.07 bits per heavy atom. The first-order valence-corrected chi connectivity index (χ1v) is 14.4. The number of fused-ring (bicyclic) bond motifs is 1. The lowest BCUT2D eigenvalue weighted by Gasteiger charge is -2.38. The van der Waals surface area contributed by atoms with Crippen molar-refractivity contribution >= 4 is 17.2 Å². The number of carbonyl (C=O) groups is 1. The summed E-state index contributed by atoms with van der Waals surface area (Å²) < 4.78 is 43.9. The number of β-amino-alcohol motifs (C(OH)–C–C–N with tert-alkyl or cyclic N) is 1. The minimum absolute atomic E-state index is 0.0832. The van der Waals surface area contributed by atoms with Crippen LogP contribution in [0.15, 0.2) is 53.8 Å². The summed E-state index contributed by atoms with van der Waals surface area (Å²) in [6.07, 6.45) is 1.40. The maximum absolute atomic E-state index is 13.6. The van der Waals surface area contributed by atoms with Crippen LogP contribution in [-0.2, 0) is 11.3 Å². The number of nitrogens with zero attached hydrogens (tertiary/aromatic N) is 8. The minimum Gasteiger partial charge on any atom is -0.388 e. The number of rotatable bonds is 8. The third-order valence-corrected chi connectivity index (χ3v) is 8.58. The first-order valence-electron chi connectivity index (χ1n) is 14.4. The van der Waals surface area contributed by atoms with Crippen LogP contribution in [0, 0.1) is 5.95 Å². The van der Waals surface area contributed by atoms with Gasteiger partial charge >= 0.3 is 0 Å². The Morgan fingerprint density at radius 3 is 2.41 bits per heavy atom. The number of halogens is 3. The summed E-state index contributed by atoms with van der Waals surface area (Å²) in [6, 6.07) is 7.06. The van der Waals surface area contributed by atoms with Crippen molar-refractivity contribution in [3.05, 3.63) is 65.4 Å². The number of amides is 1. The summed E-state index contributed by atoms with van der Waals surface area (Å²) in [6.45, 7) is 3.25. The average molecular weight is 615 g/mol. The summed E-state index contributed by atoms with van der Waals surface area (Å²) >= 11 is 0. The van der Waals surface area contributed by atoms with Crippen LogP contribution in [0.25, 0.3) is 16.9 Å². The van der Waals surface area contributed by atoms with Crippen LogP contribution < -0.4 is 10.5 Å². The molecule has 2 saturated heterocycles. The van der Waals surface area contributed by atoms with Crippen molar-refractivity contribution < 1.29 is 28.2 Å². The van der Waals surface area contributed by atoms with E-state index in [2.05, 4.69) is 20.1 Å². The Labute approximate surface area is 249 Å². The molecule has 0 saturated carbocycles. The van der Waals surface area contributed by atoms with Gasteiger partial charge in [0.15, 0.2) is 0 Å². The number of likely N-dealkylation sites (tertiary alicyclic amines) is 1. The maximum atomic E-state index is 13.6. The van der Waals surface area contributed by atoms with Crippen LogP contribution in [0.3, 0.4) is 0 Å². The molecule has 0 radical (unpaired) electrons. The average Bonchev–Trinajstić information content (AvgIpc) is 3.71. The van der Waals surface area contributed by atoms with Gasteiger partial charge in [-0.2, -0.15) is 9.49 Å². The van der Waals surface area contributed by atoms with E-state index in [9.17, 15) is 33.0 Å². The van der Waals surface area contributed by atoms with Crippen LogP contribution in [0.2, 0.25) is 0 Å². The normalized spacial score (nSPS) is 21.0.